The van der Waals surface area contributed by atoms with Crippen molar-refractivity contribution in [2.45, 2.75) is 25.4 Å². The molecule has 0 amide bonds. The van der Waals surface area contributed by atoms with Crippen molar-refractivity contribution in [2.75, 3.05) is 25.0 Å². The number of anilines is 1. The molecule has 6 nitrogen and oxygen atoms in total. The summed E-state index contributed by atoms with van der Waals surface area (Å²) in [6, 6.07) is 8.06. The monoisotopic (exact) mass is 408 g/mol. The molecule has 8 heteroatoms. The van der Waals surface area contributed by atoms with Gasteiger partial charge in [-0.1, -0.05) is 6.07 Å². The van der Waals surface area contributed by atoms with Crippen molar-refractivity contribution in [1.82, 2.24) is 25.3 Å². The standard InChI is InChI=1S/C21H21FN6S/c1-13-27-16-9-14(3-4-18(16)29-13)15-10-17-19(25-8-7-24-17)20(28-15)26-12-21(22)5-2-6-23-11-21/h3-4,7-10,23H,2,5-6,11-12H2,1H3,(H,26,28). The third-order valence-corrected chi connectivity index (χ3v) is 6.19. The van der Waals surface area contributed by atoms with Gasteiger partial charge in [0.1, 0.15) is 11.2 Å². The maximum absolute atomic E-state index is 15.1. The summed E-state index contributed by atoms with van der Waals surface area (Å²) in [5.74, 6) is 0.558. The van der Waals surface area contributed by atoms with Crippen LogP contribution in [-0.4, -0.2) is 45.2 Å². The van der Waals surface area contributed by atoms with Crippen molar-refractivity contribution in [1.29, 1.82) is 0 Å². The van der Waals surface area contributed by atoms with E-state index >= 15 is 4.39 Å². The number of hydrogen-bond acceptors (Lipinski definition) is 7. The number of aromatic nitrogens is 4. The maximum atomic E-state index is 15.1. The highest BCUT2D eigenvalue weighted by Gasteiger charge is 2.31. The molecular weight excluding hydrogens is 387 g/mol. The van der Waals surface area contributed by atoms with Crippen LogP contribution in [0.25, 0.3) is 32.5 Å². The van der Waals surface area contributed by atoms with Gasteiger partial charge in [-0.15, -0.1) is 11.3 Å². The predicted octanol–water partition coefficient (Wildman–Crippen LogP) is 4.11. The van der Waals surface area contributed by atoms with Crippen LogP contribution in [0.5, 0.6) is 0 Å². The molecule has 148 valence electrons. The van der Waals surface area contributed by atoms with E-state index in [0.29, 0.717) is 24.3 Å². The highest BCUT2D eigenvalue weighted by Crippen LogP contribution is 2.30. The molecule has 1 atom stereocenters. The normalized spacial score (nSPS) is 19.7. The molecular formula is C21H21FN6S. The Balaban J connectivity index is 1.54. The van der Waals surface area contributed by atoms with Gasteiger partial charge in [0.2, 0.25) is 0 Å². The molecule has 1 aliphatic rings. The van der Waals surface area contributed by atoms with E-state index < -0.39 is 5.67 Å². The van der Waals surface area contributed by atoms with Gasteiger partial charge in [-0.05, 0) is 44.5 Å². The molecule has 1 aromatic carbocycles. The van der Waals surface area contributed by atoms with Gasteiger partial charge in [-0.3, -0.25) is 4.98 Å². The number of fused-ring (bicyclic) bond motifs is 2. The molecule has 0 saturated carbocycles. The smallest absolute Gasteiger partial charge is 0.155 e. The molecule has 0 radical (unpaired) electrons. The molecule has 4 aromatic rings. The molecule has 4 heterocycles. The highest BCUT2D eigenvalue weighted by molar-refractivity contribution is 7.18. The van der Waals surface area contributed by atoms with Crippen LogP contribution in [0.15, 0.2) is 36.7 Å². The quantitative estimate of drug-likeness (QED) is 0.529. The zero-order valence-electron chi connectivity index (χ0n) is 16.1. The SMILES string of the molecule is Cc1nc2cc(-c3cc4nccnc4c(NCC4(F)CCCNC4)n3)ccc2s1. The topological polar surface area (TPSA) is 75.6 Å². The highest BCUT2D eigenvalue weighted by atomic mass is 32.1. The Kier molecular flexibility index (Phi) is 4.60. The van der Waals surface area contributed by atoms with Crippen LogP contribution >= 0.6 is 11.3 Å². The van der Waals surface area contributed by atoms with E-state index in [1.807, 2.05) is 25.1 Å². The van der Waals surface area contributed by atoms with Crippen LogP contribution in [0.2, 0.25) is 0 Å². The molecule has 2 N–H and O–H groups in total. The fourth-order valence-corrected chi connectivity index (χ4v) is 4.58. The third kappa shape index (κ3) is 3.65. The number of aryl methyl sites for hydroxylation is 1. The van der Waals surface area contributed by atoms with Crippen LogP contribution in [0.3, 0.4) is 0 Å². The zero-order valence-corrected chi connectivity index (χ0v) is 16.9. The van der Waals surface area contributed by atoms with E-state index in [-0.39, 0.29) is 6.54 Å². The van der Waals surface area contributed by atoms with Crippen molar-refractivity contribution < 1.29 is 4.39 Å². The van der Waals surface area contributed by atoms with Crippen molar-refractivity contribution in [3.05, 3.63) is 41.7 Å². The van der Waals surface area contributed by atoms with E-state index in [4.69, 9.17) is 4.98 Å². The zero-order chi connectivity index (χ0) is 19.8. The van der Waals surface area contributed by atoms with E-state index in [9.17, 15) is 0 Å². The number of thiazole rings is 1. The average molecular weight is 409 g/mol. The number of nitrogens with zero attached hydrogens (tertiary/aromatic N) is 4. The number of alkyl halides is 1. The molecule has 29 heavy (non-hydrogen) atoms. The van der Waals surface area contributed by atoms with E-state index in [1.54, 1.807) is 23.7 Å². The Hall–Kier alpha value is -2.71. The molecule has 0 aliphatic carbocycles. The number of nitrogens with one attached hydrogen (secondary N) is 2. The first-order valence-corrected chi connectivity index (χ1v) is 10.5. The largest absolute Gasteiger partial charge is 0.365 e. The Morgan fingerprint density at radius 3 is 2.93 bits per heavy atom. The summed E-state index contributed by atoms with van der Waals surface area (Å²) < 4.78 is 16.2. The Labute approximate surface area is 171 Å². The second-order valence-corrected chi connectivity index (χ2v) is 8.72. The molecule has 1 saturated heterocycles. The second kappa shape index (κ2) is 7.27. The summed E-state index contributed by atoms with van der Waals surface area (Å²) in [4.78, 5) is 18.2. The van der Waals surface area contributed by atoms with Gasteiger partial charge in [0.05, 0.1) is 33.0 Å². The molecule has 1 unspecified atom stereocenters. The summed E-state index contributed by atoms with van der Waals surface area (Å²) in [5.41, 5.74) is 2.76. The maximum Gasteiger partial charge on any atom is 0.155 e. The van der Waals surface area contributed by atoms with Crippen molar-refractivity contribution >= 4 is 38.4 Å². The van der Waals surface area contributed by atoms with E-state index in [0.717, 1.165) is 45.0 Å². The van der Waals surface area contributed by atoms with Crippen LogP contribution in [0, 0.1) is 6.92 Å². The van der Waals surface area contributed by atoms with Gasteiger partial charge >= 0.3 is 0 Å². The Bertz CT molecular complexity index is 1180. The number of benzene rings is 1. The minimum atomic E-state index is -1.29. The number of hydrogen-bond donors (Lipinski definition) is 2. The first kappa shape index (κ1) is 18.3. The second-order valence-electron chi connectivity index (χ2n) is 7.48. The number of piperidine rings is 1. The lowest BCUT2D eigenvalue weighted by Gasteiger charge is -2.30. The minimum Gasteiger partial charge on any atom is -0.365 e. The van der Waals surface area contributed by atoms with Gasteiger partial charge in [0.25, 0.3) is 0 Å². The lowest BCUT2D eigenvalue weighted by atomic mass is 9.96. The number of halogens is 1. The first-order valence-electron chi connectivity index (χ1n) is 9.73. The molecule has 3 aromatic heterocycles. The van der Waals surface area contributed by atoms with Crippen LogP contribution in [0.4, 0.5) is 10.2 Å². The first-order chi connectivity index (χ1) is 14.1. The van der Waals surface area contributed by atoms with Crippen molar-refractivity contribution in [3.63, 3.8) is 0 Å². The molecule has 0 bridgehead atoms. The fraction of sp³-hybridized carbons (Fsp3) is 0.333. The summed E-state index contributed by atoms with van der Waals surface area (Å²) >= 11 is 1.67. The van der Waals surface area contributed by atoms with Gasteiger partial charge in [-0.2, -0.15) is 0 Å². The summed E-state index contributed by atoms with van der Waals surface area (Å²) in [5, 5.41) is 7.38. The summed E-state index contributed by atoms with van der Waals surface area (Å²) in [6.07, 6.45) is 4.66. The van der Waals surface area contributed by atoms with Gasteiger partial charge < -0.3 is 10.6 Å². The van der Waals surface area contributed by atoms with Gasteiger partial charge in [0.15, 0.2) is 5.82 Å². The predicted molar refractivity (Wildman–Crippen MR) is 115 cm³/mol. The Morgan fingerprint density at radius 1 is 1.17 bits per heavy atom. The van der Waals surface area contributed by atoms with Crippen LogP contribution in [-0.2, 0) is 0 Å². The number of pyridine rings is 1. The van der Waals surface area contributed by atoms with Crippen LogP contribution < -0.4 is 10.6 Å². The van der Waals surface area contributed by atoms with E-state index in [1.165, 1.54) is 0 Å². The average Bonchev–Trinajstić information content (AvgIpc) is 3.11. The molecule has 1 aliphatic heterocycles. The lowest BCUT2D eigenvalue weighted by molar-refractivity contribution is 0.137. The van der Waals surface area contributed by atoms with E-state index in [2.05, 4.69) is 31.7 Å². The van der Waals surface area contributed by atoms with Crippen LogP contribution in [0.1, 0.15) is 17.8 Å². The van der Waals surface area contributed by atoms with Gasteiger partial charge in [0, 0.05) is 24.5 Å². The summed E-state index contributed by atoms with van der Waals surface area (Å²) in [6.45, 7) is 3.41. The van der Waals surface area contributed by atoms with Gasteiger partial charge in [-0.25, -0.2) is 19.3 Å². The molecule has 1 fully saturated rings. The third-order valence-electron chi connectivity index (χ3n) is 5.24. The van der Waals surface area contributed by atoms with Crippen molar-refractivity contribution in [2.24, 2.45) is 0 Å². The van der Waals surface area contributed by atoms with Crippen molar-refractivity contribution in [3.8, 4) is 11.3 Å². The lowest BCUT2D eigenvalue weighted by Crippen LogP contribution is -2.46. The summed E-state index contributed by atoms with van der Waals surface area (Å²) in [7, 11) is 0. The minimum absolute atomic E-state index is 0.187. The number of rotatable bonds is 4. The molecule has 5 rings (SSSR count). The Morgan fingerprint density at radius 2 is 2.07 bits per heavy atom. The molecule has 0 spiro atoms. The fourth-order valence-electron chi connectivity index (χ4n) is 3.77.